The second-order valence-electron chi connectivity index (χ2n) is 19.7. The number of nitrogens with zero attached hydrogens (tertiary/aromatic N) is 12. The first kappa shape index (κ1) is 50.0. The first-order valence-electron chi connectivity index (χ1n) is 25.4. The van der Waals surface area contributed by atoms with Gasteiger partial charge in [0, 0.05) is 55.2 Å². The quantitative estimate of drug-likeness (QED) is 0.144. The standard InChI is InChI=1S/C70H34N12/c1-40-15-50(16-41(2)80-40)55-33-69(81-65-29-46(51-17-42(35-71)21-56(25-51)76-3)7-11-60(65)61-12-8-47(30-66(61)81)52-18-43(36-72)22-57(26-52)77-4)64(39-75)70(34-55)82-67-31-48(53-19-44(37-73)23-58(27-53)78-5)9-13-62(67)63-14-10-49(32-68(63)82)54-20-45(38-74)24-59(28-54)79-6/h7-34H,1-2H3. The Hall–Kier alpha value is -12.9. The number of benzene rings is 9. The number of nitriles is 5. The SMILES string of the molecule is [C-]#[N+]c1cc(C#N)cc(-c2ccc3c4ccc(-c5cc(C#N)cc([N+]#[C-])c5)cc4n(-c4cc(-c5cc(C)nc(C)c5)cc(-n5c6cc(-c7cc(C#N)cc([N+]#[C-])c7)ccc6c6ccc(-c7cc(C#N)cc([N+]#[C-])c7)cc65)c4C#N)c3c2)c1. The molecule has 3 heterocycles. The molecule has 0 atom stereocenters. The summed E-state index contributed by atoms with van der Waals surface area (Å²) in [5.41, 5.74) is 15.1. The molecule has 0 unspecified atom stereocenters. The van der Waals surface area contributed by atoms with Gasteiger partial charge in [0.2, 0.25) is 0 Å². The molecule has 374 valence electrons. The van der Waals surface area contributed by atoms with Crippen molar-refractivity contribution in [3.63, 3.8) is 0 Å². The first-order chi connectivity index (χ1) is 39.9. The van der Waals surface area contributed by atoms with Crippen molar-refractivity contribution in [2.24, 2.45) is 0 Å². The molecule has 3 aromatic heterocycles. The zero-order valence-electron chi connectivity index (χ0n) is 43.5. The van der Waals surface area contributed by atoms with Crippen molar-refractivity contribution in [3.8, 4) is 97.4 Å². The Morgan fingerprint density at radius 1 is 0.317 bits per heavy atom. The summed E-state index contributed by atoms with van der Waals surface area (Å²) < 4.78 is 4.11. The lowest BCUT2D eigenvalue weighted by molar-refractivity contribution is 1.11. The van der Waals surface area contributed by atoms with E-state index in [2.05, 4.69) is 58.9 Å². The largest absolute Gasteiger partial charge is 0.308 e. The van der Waals surface area contributed by atoms with Gasteiger partial charge in [0.25, 0.3) is 0 Å². The zero-order valence-corrected chi connectivity index (χ0v) is 43.5. The van der Waals surface area contributed by atoms with Crippen molar-refractivity contribution in [1.82, 2.24) is 14.1 Å². The van der Waals surface area contributed by atoms with Crippen molar-refractivity contribution in [2.75, 3.05) is 0 Å². The van der Waals surface area contributed by atoms with E-state index < -0.39 is 0 Å². The number of hydrogen-bond donors (Lipinski definition) is 0. The van der Waals surface area contributed by atoms with Crippen LogP contribution >= 0.6 is 0 Å². The third-order valence-corrected chi connectivity index (χ3v) is 14.7. The molecule has 0 radical (unpaired) electrons. The van der Waals surface area contributed by atoms with Crippen LogP contribution in [-0.4, -0.2) is 14.1 Å². The fourth-order valence-electron chi connectivity index (χ4n) is 11.1. The van der Waals surface area contributed by atoms with E-state index in [0.29, 0.717) is 123 Å². The van der Waals surface area contributed by atoms with Gasteiger partial charge in [0.15, 0.2) is 22.7 Å². The maximum absolute atomic E-state index is 12.1. The highest BCUT2D eigenvalue weighted by molar-refractivity contribution is 6.13. The van der Waals surface area contributed by atoms with Gasteiger partial charge in [-0.25, -0.2) is 19.4 Å². The van der Waals surface area contributed by atoms with Crippen LogP contribution < -0.4 is 0 Å². The summed E-state index contributed by atoms with van der Waals surface area (Å²) in [6.07, 6.45) is 0. The van der Waals surface area contributed by atoms with Gasteiger partial charge >= 0.3 is 0 Å². The Morgan fingerprint density at radius 2 is 0.585 bits per heavy atom. The summed E-state index contributed by atoms with van der Waals surface area (Å²) in [5.74, 6) is 0. The minimum Gasteiger partial charge on any atom is -0.308 e. The van der Waals surface area contributed by atoms with Gasteiger partial charge in [-0.05, 0) is 191 Å². The molecule has 12 heteroatoms. The molecule has 9 aromatic carbocycles. The predicted molar refractivity (Wildman–Crippen MR) is 318 cm³/mol. The van der Waals surface area contributed by atoms with E-state index in [1.165, 1.54) is 0 Å². The molecule has 0 bridgehead atoms. The van der Waals surface area contributed by atoms with E-state index in [9.17, 15) is 26.3 Å². The molecular formula is C70H34N12. The van der Waals surface area contributed by atoms with Crippen molar-refractivity contribution in [2.45, 2.75) is 13.8 Å². The number of aryl methyl sites for hydroxylation is 2. The van der Waals surface area contributed by atoms with E-state index in [-0.39, 0.29) is 5.56 Å². The zero-order chi connectivity index (χ0) is 56.9. The molecule has 12 nitrogen and oxygen atoms in total. The van der Waals surface area contributed by atoms with Gasteiger partial charge in [-0.15, -0.1) is 0 Å². The lowest BCUT2D eigenvalue weighted by Gasteiger charge is -2.19. The van der Waals surface area contributed by atoms with E-state index in [4.69, 9.17) is 31.3 Å². The minimum absolute atomic E-state index is 0.266. The van der Waals surface area contributed by atoms with E-state index in [0.717, 1.165) is 44.1 Å². The predicted octanol–water partition coefficient (Wildman–Crippen LogP) is 17.8. The molecule has 0 aliphatic rings. The monoisotopic (exact) mass is 1040 g/mol. The van der Waals surface area contributed by atoms with Gasteiger partial charge in [0.1, 0.15) is 11.6 Å². The third kappa shape index (κ3) is 8.57. The van der Waals surface area contributed by atoms with Crippen LogP contribution in [0.1, 0.15) is 39.2 Å². The molecule has 0 N–H and O–H groups in total. The Balaban J connectivity index is 1.25. The highest BCUT2D eigenvalue weighted by atomic mass is 15.0. The first-order valence-corrected chi connectivity index (χ1v) is 25.4. The van der Waals surface area contributed by atoms with Gasteiger partial charge in [-0.3, -0.25) is 4.98 Å². The number of rotatable bonds is 7. The van der Waals surface area contributed by atoms with Crippen LogP contribution in [0.25, 0.3) is 130 Å². The molecule has 12 rings (SSSR count). The van der Waals surface area contributed by atoms with Crippen molar-refractivity contribution in [3.05, 3.63) is 255 Å². The highest BCUT2D eigenvalue weighted by Gasteiger charge is 2.25. The van der Waals surface area contributed by atoms with Crippen molar-refractivity contribution >= 4 is 66.4 Å². The van der Waals surface area contributed by atoms with Crippen molar-refractivity contribution < 1.29 is 0 Å². The summed E-state index contributed by atoms with van der Waals surface area (Å²) in [4.78, 5) is 19.5. The molecule has 82 heavy (non-hydrogen) atoms. The molecule has 0 aliphatic carbocycles. The number of pyridine rings is 1. The Bertz CT molecular complexity index is 4550. The fourth-order valence-corrected chi connectivity index (χ4v) is 11.1. The van der Waals surface area contributed by atoms with Crippen LogP contribution in [0.5, 0.6) is 0 Å². The fraction of sp³-hybridized carbons (Fsp3) is 0.0286. The third-order valence-electron chi connectivity index (χ3n) is 14.7. The summed E-state index contributed by atoms with van der Waals surface area (Å²) in [6, 6.07) is 63.4. The van der Waals surface area contributed by atoms with Crippen LogP contribution in [0, 0.1) is 96.8 Å². The molecule has 0 amide bonds. The maximum Gasteiger partial charge on any atom is 0.189 e. The maximum atomic E-state index is 12.1. The van der Waals surface area contributed by atoms with Crippen LogP contribution in [0.15, 0.2) is 170 Å². The summed E-state index contributed by atoms with van der Waals surface area (Å²) in [7, 11) is 0. The normalized spacial score (nSPS) is 10.7. The average Bonchev–Trinajstić information content (AvgIpc) is 4.05. The number of fused-ring (bicyclic) bond motifs is 6. The topological polar surface area (TPSA) is 159 Å². The molecule has 0 saturated carbocycles. The van der Waals surface area contributed by atoms with Crippen LogP contribution in [-0.2, 0) is 0 Å². The second kappa shape index (κ2) is 19.9. The van der Waals surface area contributed by atoms with Crippen molar-refractivity contribution in [1.29, 1.82) is 26.3 Å². The summed E-state index contributed by atoms with van der Waals surface area (Å²) >= 11 is 0. The lowest BCUT2D eigenvalue weighted by atomic mass is 9.98. The average molecular weight is 1040 g/mol. The molecule has 0 aliphatic heterocycles. The van der Waals surface area contributed by atoms with Crippen LogP contribution in [0.2, 0.25) is 0 Å². The Kier molecular flexibility index (Phi) is 12.1. The summed E-state index contributed by atoms with van der Waals surface area (Å²) in [6.45, 7) is 35.4. The molecule has 0 fully saturated rings. The van der Waals surface area contributed by atoms with E-state index in [1.807, 2.05) is 111 Å². The van der Waals surface area contributed by atoms with E-state index in [1.54, 1.807) is 72.8 Å². The molecule has 0 saturated heterocycles. The molecule has 12 aromatic rings. The minimum atomic E-state index is 0.266. The highest BCUT2D eigenvalue weighted by Crippen LogP contribution is 2.45. The number of aromatic nitrogens is 3. The molecular weight excluding hydrogens is 1010 g/mol. The van der Waals surface area contributed by atoms with Gasteiger partial charge in [0.05, 0.1) is 84.0 Å². The van der Waals surface area contributed by atoms with Crippen LogP contribution in [0.4, 0.5) is 22.7 Å². The smallest absolute Gasteiger partial charge is 0.189 e. The molecule has 0 spiro atoms. The number of hydrogen-bond acceptors (Lipinski definition) is 6. The Labute approximate surface area is 470 Å². The van der Waals surface area contributed by atoms with Gasteiger partial charge in [-0.1, -0.05) is 48.5 Å². The summed E-state index contributed by atoms with van der Waals surface area (Å²) in [5, 5.41) is 55.7. The van der Waals surface area contributed by atoms with Gasteiger partial charge < -0.3 is 9.13 Å². The van der Waals surface area contributed by atoms with E-state index >= 15 is 0 Å². The Morgan fingerprint density at radius 3 is 0.841 bits per heavy atom. The lowest BCUT2D eigenvalue weighted by Crippen LogP contribution is -2.06. The van der Waals surface area contributed by atoms with Gasteiger partial charge in [-0.2, -0.15) is 26.3 Å². The second-order valence-corrected chi connectivity index (χ2v) is 19.7. The van der Waals surface area contributed by atoms with Crippen LogP contribution in [0.3, 0.4) is 0 Å².